The van der Waals surface area contributed by atoms with Crippen molar-refractivity contribution in [2.45, 2.75) is 25.9 Å². The topological polar surface area (TPSA) is 67.4 Å². The Morgan fingerprint density at radius 2 is 2.13 bits per heavy atom. The number of rotatable bonds is 3. The van der Waals surface area contributed by atoms with E-state index < -0.39 is 0 Å². The molecular weight excluding hydrogens is 292 g/mol. The Bertz CT molecular complexity index is 645. The van der Waals surface area contributed by atoms with Crippen molar-refractivity contribution in [1.29, 1.82) is 0 Å². The van der Waals surface area contributed by atoms with Gasteiger partial charge in [0.05, 0.1) is 12.7 Å². The first-order chi connectivity index (χ1) is 11.2. The zero-order valence-corrected chi connectivity index (χ0v) is 13.1. The van der Waals surface area contributed by atoms with Crippen LogP contribution in [0.4, 0.5) is 10.5 Å². The van der Waals surface area contributed by atoms with Crippen LogP contribution in [0.3, 0.4) is 0 Å². The standard InChI is InChI=1S/C17H20N4O2/c1-13-4-6-14(7-5-13)20-17(22)21-10-2-3-15(12-21)23-16-11-18-8-9-19-16/h4-9,11,15H,2-3,10,12H2,1H3,(H,20,22). The van der Waals surface area contributed by atoms with Crippen molar-refractivity contribution in [3.05, 3.63) is 48.4 Å². The molecule has 0 aliphatic carbocycles. The van der Waals surface area contributed by atoms with Crippen LogP contribution in [0.1, 0.15) is 18.4 Å². The van der Waals surface area contributed by atoms with Gasteiger partial charge in [0.25, 0.3) is 0 Å². The number of ether oxygens (including phenoxy) is 1. The molecule has 1 atom stereocenters. The van der Waals surface area contributed by atoms with Gasteiger partial charge in [0, 0.05) is 24.6 Å². The molecule has 0 radical (unpaired) electrons. The zero-order valence-electron chi connectivity index (χ0n) is 13.1. The first-order valence-corrected chi connectivity index (χ1v) is 7.76. The molecule has 23 heavy (non-hydrogen) atoms. The van der Waals surface area contributed by atoms with E-state index in [-0.39, 0.29) is 12.1 Å². The molecule has 2 heterocycles. The first-order valence-electron chi connectivity index (χ1n) is 7.76. The molecule has 1 N–H and O–H groups in total. The van der Waals surface area contributed by atoms with Crippen LogP contribution in [-0.4, -0.2) is 40.1 Å². The van der Waals surface area contributed by atoms with Crippen LogP contribution in [0.15, 0.2) is 42.9 Å². The van der Waals surface area contributed by atoms with E-state index in [1.54, 1.807) is 23.5 Å². The Morgan fingerprint density at radius 3 is 2.87 bits per heavy atom. The third-order valence-corrected chi connectivity index (χ3v) is 3.80. The van der Waals surface area contributed by atoms with Crippen LogP contribution in [0.2, 0.25) is 0 Å². The molecule has 6 heteroatoms. The van der Waals surface area contributed by atoms with E-state index in [2.05, 4.69) is 15.3 Å². The van der Waals surface area contributed by atoms with Gasteiger partial charge in [0.1, 0.15) is 6.10 Å². The molecule has 2 aromatic rings. The molecule has 1 aromatic carbocycles. The number of piperidine rings is 1. The largest absolute Gasteiger partial charge is 0.471 e. The second-order valence-electron chi connectivity index (χ2n) is 5.67. The van der Waals surface area contributed by atoms with E-state index in [9.17, 15) is 4.79 Å². The first kappa shape index (κ1) is 15.3. The number of hydrogen-bond acceptors (Lipinski definition) is 4. The number of nitrogens with one attached hydrogen (secondary N) is 1. The molecule has 1 fully saturated rings. The van der Waals surface area contributed by atoms with Crippen LogP contribution in [-0.2, 0) is 0 Å². The van der Waals surface area contributed by atoms with Crippen LogP contribution < -0.4 is 10.1 Å². The summed E-state index contributed by atoms with van der Waals surface area (Å²) in [7, 11) is 0. The number of aryl methyl sites for hydroxylation is 1. The molecule has 1 aliphatic rings. The summed E-state index contributed by atoms with van der Waals surface area (Å²) in [4.78, 5) is 22.3. The second-order valence-corrected chi connectivity index (χ2v) is 5.67. The molecular formula is C17H20N4O2. The average Bonchev–Trinajstić information content (AvgIpc) is 2.58. The maximum absolute atomic E-state index is 12.4. The summed E-state index contributed by atoms with van der Waals surface area (Å²) in [5, 5.41) is 2.93. The fraction of sp³-hybridized carbons (Fsp3) is 0.353. The van der Waals surface area contributed by atoms with Gasteiger partial charge in [-0.1, -0.05) is 17.7 Å². The zero-order chi connectivity index (χ0) is 16.1. The molecule has 0 spiro atoms. The fourth-order valence-electron chi connectivity index (χ4n) is 2.58. The Morgan fingerprint density at radius 1 is 1.30 bits per heavy atom. The minimum atomic E-state index is -0.0960. The van der Waals surface area contributed by atoms with Crippen molar-refractivity contribution < 1.29 is 9.53 Å². The number of carbonyl (C=O) groups excluding carboxylic acids is 1. The van der Waals surface area contributed by atoms with Crippen molar-refractivity contribution in [2.24, 2.45) is 0 Å². The molecule has 120 valence electrons. The summed E-state index contributed by atoms with van der Waals surface area (Å²) < 4.78 is 5.81. The highest BCUT2D eigenvalue weighted by molar-refractivity contribution is 5.89. The van der Waals surface area contributed by atoms with Crippen molar-refractivity contribution in [1.82, 2.24) is 14.9 Å². The minimum Gasteiger partial charge on any atom is -0.471 e. The third-order valence-electron chi connectivity index (χ3n) is 3.80. The summed E-state index contributed by atoms with van der Waals surface area (Å²) >= 11 is 0. The highest BCUT2D eigenvalue weighted by atomic mass is 16.5. The highest BCUT2D eigenvalue weighted by Crippen LogP contribution is 2.17. The van der Waals surface area contributed by atoms with Crippen LogP contribution in [0.25, 0.3) is 0 Å². The Kier molecular flexibility index (Phi) is 4.71. The SMILES string of the molecule is Cc1ccc(NC(=O)N2CCCC(Oc3cnccn3)C2)cc1. The highest BCUT2D eigenvalue weighted by Gasteiger charge is 2.25. The summed E-state index contributed by atoms with van der Waals surface area (Å²) in [6, 6.07) is 7.67. The normalized spacial score (nSPS) is 17.6. The van der Waals surface area contributed by atoms with E-state index in [0.717, 1.165) is 25.1 Å². The smallest absolute Gasteiger partial charge is 0.321 e. The molecule has 1 unspecified atom stereocenters. The lowest BCUT2D eigenvalue weighted by molar-refractivity contribution is 0.102. The van der Waals surface area contributed by atoms with Crippen LogP contribution in [0.5, 0.6) is 5.88 Å². The van der Waals surface area contributed by atoms with Gasteiger partial charge in [-0.3, -0.25) is 4.98 Å². The van der Waals surface area contributed by atoms with Gasteiger partial charge in [-0.15, -0.1) is 0 Å². The predicted octanol–water partition coefficient (Wildman–Crippen LogP) is 2.86. The number of nitrogens with zero attached hydrogens (tertiary/aromatic N) is 3. The average molecular weight is 312 g/mol. The van der Waals surface area contributed by atoms with Crippen LogP contribution in [0, 0.1) is 6.92 Å². The monoisotopic (exact) mass is 312 g/mol. The number of benzene rings is 1. The predicted molar refractivity (Wildman–Crippen MR) is 87.5 cm³/mol. The molecule has 1 saturated heterocycles. The number of amides is 2. The van der Waals surface area contributed by atoms with Gasteiger partial charge in [-0.25, -0.2) is 9.78 Å². The summed E-state index contributed by atoms with van der Waals surface area (Å²) in [5.74, 6) is 0.498. The van der Waals surface area contributed by atoms with Gasteiger partial charge in [-0.05, 0) is 31.9 Å². The fourth-order valence-corrected chi connectivity index (χ4v) is 2.58. The molecule has 6 nitrogen and oxygen atoms in total. The van der Waals surface area contributed by atoms with E-state index in [4.69, 9.17) is 4.74 Å². The molecule has 1 aliphatic heterocycles. The summed E-state index contributed by atoms with van der Waals surface area (Å²) in [5.41, 5.74) is 1.97. The number of hydrogen-bond donors (Lipinski definition) is 1. The number of urea groups is 1. The Labute approximate surface area is 135 Å². The molecule has 3 rings (SSSR count). The number of likely N-dealkylation sites (tertiary alicyclic amines) is 1. The van der Waals surface area contributed by atoms with Crippen molar-refractivity contribution in [2.75, 3.05) is 18.4 Å². The van der Waals surface area contributed by atoms with Gasteiger partial charge in [-0.2, -0.15) is 0 Å². The van der Waals surface area contributed by atoms with E-state index in [1.165, 1.54) is 5.56 Å². The molecule has 1 aromatic heterocycles. The molecule has 2 amide bonds. The van der Waals surface area contributed by atoms with Gasteiger partial charge >= 0.3 is 6.03 Å². The molecule has 0 bridgehead atoms. The maximum Gasteiger partial charge on any atom is 0.321 e. The van der Waals surface area contributed by atoms with Gasteiger partial charge in [0.15, 0.2) is 0 Å². The van der Waals surface area contributed by atoms with Gasteiger partial charge < -0.3 is 15.0 Å². The maximum atomic E-state index is 12.4. The quantitative estimate of drug-likeness (QED) is 0.946. The van der Waals surface area contributed by atoms with Crippen molar-refractivity contribution in [3.8, 4) is 5.88 Å². The van der Waals surface area contributed by atoms with E-state index in [1.807, 2.05) is 31.2 Å². The Balaban J connectivity index is 1.57. The second kappa shape index (κ2) is 7.09. The third kappa shape index (κ3) is 4.18. The van der Waals surface area contributed by atoms with Crippen molar-refractivity contribution in [3.63, 3.8) is 0 Å². The lowest BCUT2D eigenvalue weighted by Crippen LogP contribution is -2.46. The number of anilines is 1. The van der Waals surface area contributed by atoms with Crippen molar-refractivity contribution >= 4 is 11.7 Å². The number of aromatic nitrogens is 2. The number of carbonyl (C=O) groups is 1. The molecule has 0 saturated carbocycles. The van der Waals surface area contributed by atoms with Crippen LogP contribution >= 0.6 is 0 Å². The van der Waals surface area contributed by atoms with Gasteiger partial charge in [0.2, 0.25) is 5.88 Å². The van der Waals surface area contributed by atoms with E-state index >= 15 is 0 Å². The summed E-state index contributed by atoms with van der Waals surface area (Å²) in [6.45, 7) is 3.30. The van der Waals surface area contributed by atoms with E-state index in [0.29, 0.717) is 12.4 Å². The summed E-state index contributed by atoms with van der Waals surface area (Å²) in [6.07, 6.45) is 6.56. The minimum absolute atomic E-state index is 0.0517. The Hall–Kier alpha value is -2.63. The lowest BCUT2D eigenvalue weighted by atomic mass is 10.1. The lowest BCUT2D eigenvalue weighted by Gasteiger charge is -2.32.